The molecule has 16 nitrogen and oxygen atoms in total. The fraction of sp³-hybridized carbons (Fsp3) is 0.827. The zero-order chi connectivity index (χ0) is 68.1. The van der Waals surface area contributed by atoms with E-state index >= 15 is 0 Å². The van der Waals surface area contributed by atoms with Crippen LogP contribution in [0.15, 0.2) is 60.8 Å². The van der Waals surface area contributed by atoms with E-state index < -0.39 is 91.5 Å². The molecule has 0 aromatic rings. The van der Waals surface area contributed by atoms with E-state index in [0.717, 1.165) is 103 Å². The lowest BCUT2D eigenvalue weighted by Crippen LogP contribution is -2.30. The number of carbonyl (C=O) groups excluding carboxylic acids is 3. The van der Waals surface area contributed by atoms with Gasteiger partial charge in [-0.25, -0.2) is 9.13 Å². The highest BCUT2D eigenvalue weighted by molar-refractivity contribution is 7.47. The number of allylic oxidation sites excluding steroid dienone is 10. The first-order valence-electron chi connectivity index (χ1n) is 37.6. The number of aliphatic hydroxyl groups excluding tert-OH is 2. The highest BCUT2D eigenvalue weighted by Crippen LogP contribution is 2.45. The molecular formula is C75H138O16P2. The molecule has 0 amide bonds. The van der Waals surface area contributed by atoms with Gasteiger partial charge in [0.1, 0.15) is 25.4 Å². The summed E-state index contributed by atoms with van der Waals surface area (Å²) in [5.74, 6) is -1.57. The van der Waals surface area contributed by atoms with Crippen LogP contribution in [0.5, 0.6) is 0 Å². The van der Waals surface area contributed by atoms with Crippen LogP contribution in [0.2, 0.25) is 0 Å². The topological polar surface area (TPSA) is 231 Å². The Hall–Kier alpha value is -2.75. The number of hydrogen-bond acceptors (Lipinski definition) is 14. The van der Waals surface area contributed by atoms with Crippen molar-refractivity contribution in [2.24, 2.45) is 0 Å². The molecule has 0 aromatic heterocycles. The Morgan fingerprint density at radius 3 is 0.892 bits per heavy atom. The second-order valence-electron chi connectivity index (χ2n) is 25.5. The second-order valence-corrected chi connectivity index (χ2v) is 28.4. The number of unbranched alkanes of at least 4 members (excludes halogenated alkanes) is 39. The van der Waals surface area contributed by atoms with Crippen LogP contribution in [0.3, 0.4) is 0 Å². The summed E-state index contributed by atoms with van der Waals surface area (Å²) in [5, 5.41) is 20.6. The van der Waals surface area contributed by atoms with E-state index in [4.69, 9.17) is 32.3 Å². The van der Waals surface area contributed by atoms with Gasteiger partial charge in [-0.05, 0) is 89.9 Å². The van der Waals surface area contributed by atoms with Gasteiger partial charge in [-0.1, -0.05) is 293 Å². The lowest BCUT2D eigenvalue weighted by Gasteiger charge is -2.21. The number of carbonyl (C=O) groups is 3. The minimum atomic E-state index is -4.91. The Labute approximate surface area is 567 Å². The molecule has 0 bridgehead atoms. The van der Waals surface area contributed by atoms with Gasteiger partial charge in [-0.2, -0.15) is 0 Å². The van der Waals surface area contributed by atoms with Crippen molar-refractivity contribution < 1.29 is 75.8 Å². The molecule has 0 saturated heterocycles. The molecule has 0 saturated carbocycles. The van der Waals surface area contributed by atoms with Crippen LogP contribution in [0.4, 0.5) is 0 Å². The van der Waals surface area contributed by atoms with E-state index in [1.165, 1.54) is 180 Å². The van der Waals surface area contributed by atoms with Crippen molar-refractivity contribution in [3.05, 3.63) is 60.8 Å². The van der Waals surface area contributed by atoms with Crippen molar-refractivity contribution in [3.63, 3.8) is 0 Å². The van der Waals surface area contributed by atoms with Crippen LogP contribution in [-0.4, -0.2) is 95.9 Å². The summed E-state index contributed by atoms with van der Waals surface area (Å²) in [6.45, 7) is 2.65. The van der Waals surface area contributed by atoms with Crippen LogP contribution < -0.4 is 0 Å². The third-order valence-electron chi connectivity index (χ3n) is 16.2. The van der Waals surface area contributed by atoms with Gasteiger partial charge in [0.15, 0.2) is 6.10 Å². The normalized spacial score (nSPS) is 14.4. The van der Waals surface area contributed by atoms with Gasteiger partial charge in [0, 0.05) is 19.3 Å². The number of esters is 3. The van der Waals surface area contributed by atoms with Crippen LogP contribution in [0.25, 0.3) is 0 Å². The number of rotatable bonds is 72. The van der Waals surface area contributed by atoms with E-state index in [0.29, 0.717) is 19.3 Å². The van der Waals surface area contributed by atoms with E-state index in [-0.39, 0.29) is 19.3 Å². The van der Waals surface area contributed by atoms with Crippen molar-refractivity contribution in [2.45, 2.75) is 360 Å². The van der Waals surface area contributed by atoms with Crippen LogP contribution in [0.1, 0.15) is 342 Å². The fourth-order valence-corrected chi connectivity index (χ4v) is 12.0. The van der Waals surface area contributed by atoms with Crippen LogP contribution in [0, 0.1) is 0 Å². The summed E-state index contributed by atoms with van der Waals surface area (Å²) >= 11 is 0. The molecule has 4 N–H and O–H groups in total. The van der Waals surface area contributed by atoms with Crippen molar-refractivity contribution >= 4 is 33.6 Å². The summed E-state index contributed by atoms with van der Waals surface area (Å²) in [4.78, 5) is 58.3. The highest BCUT2D eigenvalue weighted by Gasteiger charge is 2.29. The lowest BCUT2D eigenvalue weighted by atomic mass is 10.0. The van der Waals surface area contributed by atoms with Gasteiger partial charge >= 0.3 is 33.6 Å². The molecular weight excluding hydrogens is 1220 g/mol. The van der Waals surface area contributed by atoms with E-state index in [1.807, 2.05) is 0 Å². The molecule has 0 aliphatic heterocycles. The maximum absolute atomic E-state index is 12.8. The molecule has 0 aliphatic carbocycles. The van der Waals surface area contributed by atoms with E-state index in [9.17, 15) is 43.5 Å². The predicted octanol–water partition coefficient (Wildman–Crippen LogP) is 21.3. The SMILES string of the molecule is CCCCC/C=C\C/C=C\C/C=C\C/C=C\CCCCCCCCCCCCCCCCCCCC(=O)OCC(O)COP(=O)(O)OCC(O)COP(=O)(O)OCC(COC(=O)CCCCCCC/C=C\CCCCCC)OC(=O)CCCCCCCCCCCCC. The smallest absolute Gasteiger partial charge is 0.463 e. The molecule has 544 valence electrons. The molecule has 5 unspecified atom stereocenters. The molecule has 0 heterocycles. The molecule has 0 spiro atoms. The lowest BCUT2D eigenvalue weighted by molar-refractivity contribution is -0.161. The number of ether oxygens (including phenoxy) is 3. The second kappa shape index (κ2) is 69.2. The quantitative estimate of drug-likeness (QED) is 0.0146. The van der Waals surface area contributed by atoms with Gasteiger partial charge in [0.25, 0.3) is 0 Å². The van der Waals surface area contributed by atoms with Crippen molar-refractivity contribution in [1.82, 2.24) is 0 Å². The van der Waals surface area contributed by atoms with Gasteiger partial charge in [0.05, 0.1) is 26.4 Å². The molecule has 93 heavy (non-hydrogen) atoms. The van der Waals surface area contributed by atoms with Crippen molar-refractivity contribution in [3.8, 4) is 0 Å². The number of phosphoric acid groups is 2. The Morgan fingerprint density at radius 1 is 0.301 bits per heavy atom. The predicted molar refractivity (Wildman–Crippen MR) is 381 cm³/mol. The monoisotopic (exact) mass is 1360 g/mol. The molecule has 0 aromatic carbocycles. The molecule has 0 fully saturated rings. The van der Waals surface area contributed by atoms with Crippen LogP contribution in [-0.2, 0) is 55.8 Å². The summed E-state index contributed by atoms with van der Waals surface area (Å²) in [7, 11) is -9.76. The third kappa shape index (κ3) is 70.4. The van der Waals surface area contributed by atoms with Gasteiger partial charge in [-0.3, -0.25) is 32.5 Å². The Bertz CT molecular complexity index is 1940. The molecule has 0 radical (unpaired) electrons. The van der Waals surface area contributed by atoms with Crippen molar-refractivity contribution in [1.29, 1.82) is 0 Å². The minimum absolute atomic E-state index is 0.109. The van der Waals surface area contributed by atoms with Gasteiger partial charge in [0.2, 0.25) is 0 Å². The molecule has 0 rings (SSSR count). The van der Waals surface area contributed by atoms with Crippen molar-refractivity contribution in [2.75, 3.05) is 39.6 Å². The number of hydrogen-bond donors (Lipinski definition) is 4. The maximum atomic E-state index is 12.8. The van der Waals surface area contributed by atoms with E-state index in [2.05, 4.69) is 81.5 Å². The largest absolute Gasteiger partial charge is 0.472 e. The Kier molecular flexibility index (Phi) is 67.1. The average molecular weight is 1360 g/mol. The zero-order valence-corrected chi connectivity index (χ0v) is 61.0. The summed E-state index contributed by atoms with van der Waals surface area (Å²) < 4.78 is 60.9. The first-order valence-corrected chi connectivity index (χ1v) is 40.6. The average Bonchev–Trinajstić information content (AvgIpc) is 3.07. The fourth-order valence-electron chi connectivity index (χ4n) is 10.4. The summed E-state index contributed by atoms with van der Waals surface area (Å²) in [6, 6.07) is 0. The first-order chi connectivity index (χ1) is 45.2. The van der Waals surface area contributed by atoms with Gasteiger partial charge in [-0.15, -0.1) is 0 Å². The van der Waals surface area contributed by atoms with Crippen LogP contribution >= 0.6 is 15.6 Å². The minimum Gasteiger partial charge on any atom is -0.463 e. The summed E-state index contributed by atoms with van der Waals surface area (Å²) in [6.07, 6.45) is 73.1. The Morgan fingerprint density at radius 2 is 0.538 bits per heavy atom. The molecule has 18 heteroatoms. The molecule has 0 aliphatic rings. The number of aliphatic hydroxyl groups is 2. The number of phosphoric ester groups is 2. The van der Waals surface area contributed by atoms with E-state index in [1.54, 1.807) is 0 Å². The first kappa shape index (κ1) is 90.2. The standard InChI is InChI=1S/C75H138O16P2/c1-4-7-10-13-16-19-22-24-25-26-27-28-29-30-31-32-33-34-35-36-37-38-39-40-41-42-43-45-48-49-52-55-58-61-73(78)85-64-70(76)65-87-92(81,82)88-66-71(77)67-89-93(83,84)90-69-72(91-75(80)63-60-57-54-51-46-21-18-15-12-9-6-3)68-86-74(79)62-59-56-53-50-47-44-23-20-17-14-11-8-5-2/h16,19-20,23-25,27-28,30-31,70-72,76-77H,4-15,17-18,21-22,26,29,32-69H2,1-3H3,(H,81,82)(H,83,84)/b19-16-,23-20-,25-24-,28-27-,31-30-. The van der Waals surface area contributed by atoms with Gasteiger partial charge < -0.3 is 34.2 Å². The molecule has 5 atom stereocenters. The summed E-state index contributed by atoms with van der Waals surface area (Å²) in [5.41, 5.74) is 0. The zero-order valence-electron chi connectivity index (χ0n) is 59.2. The maximum Gasteiger partial charge on any atom is 0.472 e. The third-order valence-corrected chi connectivity index (χ3v) is 18.1. The highest BCUT2D eigenvalue weighted by atomic mass is 31.2. The Balaban J connectivity index is 4.27.